The summed E-state index contributed by atoms with van der Waals surface area (Å²) in [5.41, 5.74) is 0. The zero-order valence-corrected chi connectivity index (χ0v) is 6.77. The Kier molecular flexibility index (Phi) is 1.89. The van der Waals surface area contributed by atoms with E-state index in [1.54, 1.807) is 0 Å². The van der Waals surface area contributed by atoms with E-state index in [1.807, 2.05) is 12.2 Å². The Bertz CT molecular complexity index is 222. The number of hydrogen-bond acceptors (Lipinski definition) is 3. The Hall–Kier alpha value is -0.830. The van der Waals surface area contributed by atoms with Crippen LogP contribution in [0.15, 0.2) is 12.2 Å². The van der Waals surface area contributed by atoms with E-state index in [0.29, 0.717) is 6.61 Å². The first kappa shape index (κ1) is 7.80. The van der Waals surface area contributed by atoms with E-state index in [4.69, 9.17) is 9.84 Å². The van der Waals surface area contributed by atoms with Gasteiger partial charge < -0.3 is 9.84 Å². The molecule has 0 aromatic rings. The normalized spacial score (nSPS) is 39.4. The largest absolute Gasteiger partial charge is 0.465 e. The number of ether oxygens (including phenoxy) is 1. The summed E-state index contributed by atoms with van der Waals surface area (Å²) in [4.78, 5) is 11.1. The maximum absolute atomic E-state index is 11.1. The highest BCUT2D eigenvalue weighted by Gasteiger charge is 2.41. The van der Waals surface area contributed by atoms with Crippen LogP contribution < -0.4 is 0 Å². The van der Waals surface area contributed by atoms with Gasteiger partial charge in [0.25, 0.3) is 0 Å². The van der Waals surface area contributed by atoms with Gasteiger partial charge in [-0.25, -0.2) is 0 Å². The van der Waals surface area contributed by atoms with Crippen molar-refractivity contribution in [3.05, 3.63) is 12.2 Å². The summed E-state index contributed by atoms with van der Waals surface area (Å²) in [7, 11) is 0. The van der Waals surface area contributed by atoms with Crippen LogP contribution in [-0.4, -0.2) is 24.3 Å². The molecule has 1 aliphatic carbocycles. The first-order valence-corrected chi connectivity index (χ1v) is 4.27. The lowest BCUT2D eigenvalue weighted by Gasteiger charge is -2.24. The summed E-state index contributed by atoms with van der Waals surface area (Å²) in [6.07, 6.45) is 4.73. The van der Waals surface area contributed by atoms with Crippen molar-refractivity contribution in [3.8, 4) is 0 Å². The minimum absolute atomic E-state index is 0.00662. The van der Waals surface area contributed by atoms with Crippen LogP contribution in [0.5, 0.6) is 0 Å². The molecular weight excluding hydrogens is 156 g/mol. The third-order valence-electron chi connectivity index (χ3n) is 2.77. The van der Waals surface area contributed by atoms with E-state index in [1.165, 1.54) is 0 Å². The van der Waals surface area contributed by atoms with E-state index in [9.17, 15) is 4.79 Å². The highest BCUT2D eigenvalue weighted by Crippen LogP contribution is 2.35. The third-order valence-corrected chi connectivity index (χ3v) is 2.77. The van der Waals surface area contributed by atoms with Crippen molar-refractivity contribution < 1.29 is 14.6 Å². The molecule has 2 rings (SSSR count). The smallest absolute Gasteiger partial charge is 0.309 e. The molecule has 0 radical (unpaired) electrons. The standard InChI is InChI=1S/C9H12O3/c10-4-6-2-1-3-7-8(6)5-12-9(7)11/h1-2,6-8,10H,3-5H2/t6-,7+,8+/m1/s1. The highest BCUT2D eigenvalue weighted by molar-refractivity contribution is 5.75. The van der Waals surface area contributed by atoms with Crippen molar-refractivity contribution in [1.82, 2.24) is 0 Å². The lowest BCUT2D eigenvalue weighted by atomic mass is 9.78. The SMILES string of the molecule is O=C1OC[C@H]2[C@@H](CO)C=CC[C@H]12. The summed E-state index contributed by atoms with van der Waals surface area (Å²) in [6, 6.07) is 0. The zero-order chi connectivity index (χ0) is 8.55. The Balaban J connectivity index is 2.17. The van der Waals surface area contributed by atoms with Crippen LogP contribution in [0.4, 0.5) is 0 Å². The van der Waals surface area contributed by atoms with Crippen molar-refractivity contribution in [1.29, 1.82) is 0 Å². The minimum atomic E-state index is -0.0946. The molecule has 1 fully saturated rings. The average molecular weight is 168 g/mol. The number of fused-ring (bicyclic) bond motifs is 1. The average Bonchev–Trinajstić information content (AvgIpc) is 2.48. The van der Waals surface area contributed by atoms with Crippen LogP contribution in [0.25, 0.3) is 0 Å². The molecule has 0 aromatic carbocycles. The number of carbonyl (C=O) groups is 1. The second-order valence-electron chi connectivity index (χ2n) is 3.41. The van der Waals surface area contributed by atoms with Crippen LogP contribution in [0.3, 0.4) is 0 Å². The fraction of sp³-hybridized carbons (Fsp3) is 0.667. The molecule has 1 aliphatic heterocycles. The third kappa shape index (κ3) is 1.05. The van der Waals surface area contributed by atoms with E-state index in [2.05, 4.69) is 0 Å². The van der Waals surface area contributed by atoms with Crippen LogP contribution in [0, 0.1) is 17.8 Å². The quantitative estimate of drug-likeness (QED) is 0.453. The number of hydrogen-bond donors (Lipinski definition) is 1. The first-order valence-electron chi connectivity index (χ1n) is 4.27. The van der Waals surface area contributed by atoms with Crippen LogP contribution >= 0.6 is 0 Å². The van der Waals surface area contributed by atoms with Gasteiger partial charge in [-0.1, -0.05) is 12.2 Å². The molecule has 1 N–H and O–H groups in total. The van der Waals surface area contributed by atoms with Gasteiger partial charge in [0.05, 0.1) is 12.5 Å². The van der Waals surface area contributed by atoms with Gasteiger partial charge in [0, 0.05) is 18.4 Å². The minimum Gasteiger partial charge on any atom is -0.465 e. The van der Waals surface area contributed by atoms with Gasteiger partial charge in [-0.3, -0.25) is 4.79 Å². The van der Waals surface area contributed by atoms with Crippen LogP contribution in [0.1, 0.15) is 6.42 Å². The van der Waals surface area contributed by atoms with Gasteiger partial charge in [0.1, 0.15) is 0 Å². The van der Waals surface area contributed by atoms with Crippen molar-refractivity contribution in [2.24, 2.45) is 17.8 Å². The molecule has 0 bridgehead atoms. The second kappa shape index (κ2) is 2.90. The topological polar surface area (TPSA) is 46.5 Å². The van der Waals surface area contributed by atoms with E-state index >= 15 is 0 Å². The number of aliphatic hydroxyl groups excluding tert-OH is 1. The summed E-state index contributed by atoms with van der Waals surface area (Å²) < 4.78 is 4.94. The lowest BCUT2D eigenvalue weighted by molar-refractivity contribution is -0.141. The Labute approximate surface area is 71.0 Å². The number of rotatable bonds is 1. The number of esters is 1. The fourth-order valence-corrected chi connectivity index (χ4v) is 2.01. The molecule has 12 heavy (non-hydrogen) atoms. The number of carbonyl (C=O) groups excluding carboxylic acids is 1. The van der Waals surface area contributed by atoms with Crippen molar-refractivity contribution >= 4 is 5.97 Å². The fourth-order valence-electron chi connectivity index (χ4n) is 2.01. The molecule has 3 nitrogen and oxygen atoms in total. The number of allylic oxidation sites excluding steroid dienone is 1. The molecule has 1 saturated heterocycles. The summed E-state index contributed by atoms with van der Waals surface area (Å²) in [6.45, 7) is 0.605. The summed E-state index contributed by atoms with van der Waals surface area (Å²) >= 11 is 0. The van der Waals surface area contributed by atoms with Gasteiger partial charge in [0.2, 0.25) is 0 Å². The van der Waals surface area contributed by atoms with E-state index < -0.39 is 0 Å². The van der Waals surface area contributed by atoms with Crippen molar-refractivity contribution in [3.63, 3.8) is 0 Å². The molecule has 0 saturated carbocycles. The van der Waals surface area contributed by atoms with Gasteiger partial charge in [-0.05, 0) is 6.42 Å². The maximum atomic E-state index is 11.1. The maximum Gasteiger partial charge on any atom is 0.309 e. The van der Waals surface area contributed by atoms with Gasteiger partial charge in [-0.15, -0.1) is 0 Å². The van der Waals surface area contributed by atoms with Crippen LogP contribution in [-0.2, 0) is 9.53 Å². The Morgan fingerprint density at radius 2 is 2.50 bits per heavy atom. The van der Waals surface area contributed by atoms with Crippen molar-refractivity contribution in [2.45, 2.75) is 6.42 Å². The second-order valence-corrected chi connectivity index (χ2v) is 3.41. The predicted molar refractivity (Wildman–Crippen MR) is 42.3 cm³/mol. The monoisotopic (exact) mass is 168 g/mol. The molecular formula is C9H12O3. The number of cyclic esters (lactones) is 1. The van der Waals surface area contributed by atoms with Crippen molar-refractivity contribution in [2.75, 3.05) is 13.2 Å². The molecule has 2 aliphatic rings. The first-order chi connectivity index (χ1) is 5.83. The zero-order valence-electron chi connectivity index (χ0n) is 6.77. The predicted octanol–water partition coefficient (Wildman–Crippen LogP) is 0.344. The molecule has 3 heteroatoms. The molecule has 0 unspecified atom stereocenters. The summed E-state index contributed by atoms with van der Waals surface area (Å²) in [5.74, 6) is 0.248. The van der Waals surface area contributed by atoms with E-state index in [0.717, 1.165) is 6.42 Å². The molecule has 1 heterocycles. The molecule has 66 valence electrons. The molecule has 0 spiro atoms. The summed E-state index contributed by atoms with van der Waals surface area (Å²) in [5, 5.41) is 9.01. The van der Waals surface area contributed by atoms with Gasteiger partial charge >= 0.3 is 5.97 Å². The highest BCUT2D eigenvalue weighted by atomic mass is 16.5. The van der Waals surface area contributed by atoms with Crippen LogP contribution in [0.2, 0.25) is 0 Å². The molecule has 0 aromatic heterocycles. The van der Waals surface area contributed by atoms with E-state index in [-0.39, 0.29) is 30.3 Å². The Morgan fingerprint density at radius 3 is 3.25 bits per heavy atom. The number of aliphatic hydroxyl groups is 1. The molecule has 3 atom stereocenters. The lowest BCUT2D eigenvalue weighted by Crippen LogP contribution is -2.27. The Morgan fingerprint density at radius 1 is 1.67 bits per heavy atom. The van der Waals surface area contributed by atoms with Gasteiger partial charge in [0.15, 0.2) is 0 Å². The molecule has 0 amide bonds. The van der Waals surface area contributed by atoms with Gasteiger partial charge in [-0.2, -0.15) is 0 Å².